The number of nitrogens with zero attached hydrogens (tertiary/aromatic N) is 1. The van der Waals surface area contributed by atoms with Crippen LogP contribution in [0.2, 0.25) is 0 Å². The van der Waals surface area contributed by atoms with Gasteiger partial charge in [-0.25, -0.2) is 4.79 Å². The van der Waals surface area contributed by atoms with Crippen molar-refractivity contribution in [2.24, 2.45) is 5.16 Å². The normalized spacial score (nSPS) is 8.69. The summed E-state index contributed by atoms with van der Waals surface area (Å²) in [4.78, 5) is 15.5. The van der Waals surface area contributed by atoms with Crippen molar-refractivity contribution in [3.8, 4) is 0 Å². The number of oxime groups is 1. The van der Waals surface area contributed by atoms with Gasteiger partial charge in [0.05, 0.1) is 5.56 Å². The van der Waals surface area contributed by atoms with E-state index in [1.807, 2.05) is 26.8 Å². The maximum absolute atomic E-state index is 10.8. The van der Waals surface area contributed by atoms with Gasteiger partial charge in [-0.2, -0.15) is 0 Å². The van der Waals surface area contributed by atoms with Gasteiger partial charge in [-0.3, -0.25) is 0 Å². The van der Waals surface area contributed by atoms with Gasteiger partial charge in [-0.15, -0.1) is 5.16 Å². The van der Waals surface area contributed by atoms with Gasteiger partial charge in [0.15, 0.2) is 0 Å². The molecular formula is C12H17NO3. The summed E-state index contributed by atoms with van der Waals surface area (Å²) < 4.78 is 0. The summed E-state index contributed by atoms with van der Waals surface area (Å²) in [7, 11) is 0. The summed E-state index contributed by atoms with van der Waals surface area (Å²) in [6.07, 6.45) is 0. The Kier molecular flexibility index (Phi) is 6.59. The summed E-state index contributed by atoms with van der Waals surface area (Å²) >= 11 is 0. The fourth-order valence-corrected chi connectivity index (χ4v) is 1.13. The number of carboxylic acid groups (broad SMARTS) is 1. The van der Waals surface area contributed by atoms with Crippen molar-refractivity contribution >= 4 is 12.7 Å². The zero-order chi connectivity index (χ0) is 12.6. The van der Waals surface area contributed by atoms with Gasteiger partial charge in [0.25, 0.3) is 0 Å². The van der Waals surface area contributed by atoms with E-state index in [0.717, 1.165) is 5.56 Å². The van der Waals surface area contributed by atoms with E-state index in [4.69, 9.17) is 9.94 Å². The second-order valence-corrected chi connectivity index (χ2v) is 2.87. The third-order valence-electron chi connectivity index (χ3n) is 1.81. The highest BCUT2D eigenvalue weighted by atomic mass is 16.6. The van der Waals surface area contributed by atoms with E-state index in [1.165, 1.54) is 0 Å². The molecule has 0 saturated carbocycles. The van der Waals surface area contributed by atoms with Crippen LogP contribution >= 0.6 is 0 Å². The smallest absolute Gasteiger partial charge is 0.336 e. The zero-order valence-electron chi connectivity index (χ0n) is 9.86. The molecule has 0 aliphatic heterocycles. The highest BCUT2D eigenvalue weighted by molar-refractivity contribution is 5.89. The molecule has 0 heterocycles. The molecule has 0 spiro atoms. The molecule has 0 saturated heterocycles. The maximum atomic E-state index is 10.8. The summed E-state index contributed by atoms with van der Waals surface area (Å²) in [5.74, 6) is -0.962. The van der Waals surface area contributed by atoms with Crippen molar-refractivity contribution < 1.29 is 14.7 Å². The van der Waals surface area contributed by atoms with Gasteiger partial charge in [-0.05, 0) is 13.0 Å². The summed E-state index contributed by atoms with van der Waals surface area (Å²) in [5.41, 5.74) is 1.74. The number of carboxylic acids is 1. The van der Waals surface area contributed by atoms with Gasteiger partial charge in [-0.1, -0.05) is 31.5 Å². The van der Waals surface area contributed by atoms with E-state index in [0.29, 0.717) is 5.56 Å². The Hall–Kier alpha value is -1.84. The molecule has 4 heteroatoms. The SMILES string of the molecule is C=NOCc1ccc(C)cc1C(=O)O.CC. The second kappa shape index (κ2) is 7.45. The van der Waals surface area contributed by atoms with Crippen molar-refractivity contribution in [3.63, 3.8) is 0 Å². The lowest BCUT2D eigenvalue weighted by molar-refractivity contribution is 0.0688. The first-order valence-corrected chi connectivity index (χ1v) is 5.06. The van der Waals surface area contributed by atoms with Crippen LogP contribution < -0.4 is 0 Å². The second-order valence-electron chi connectivity index (χ2n) is 2.87. The average Bonchev–Trinajstić information content (AvgIpc) is 2.30. The topological polar surface area (TPSA) is 58.9 Å². The maximum Gasteiger partial charge on any atom is 0.336 e. The van der Waals surface area contributed by atoms with Gasteiger partial charge >= 0.3 is 5.97 Å². The number of aryl methyl sites for hydroxylation is 1. The van der Waals surface area contributed by atoms with Gasteiger partial charge in [0.1, 0.15) is 6.61 Å². The predicted molar refractivity (Wildman–Crippen MR) is 63.8 cm³/mol. The summed E-state index contributed by atoms with van der Waals surface area (Å²) in [5, 5.41) is 12.1. The first-order chi connectivity index (χ1) is 7.65. The van der Waals surface area contributed by atoms with Crippen LogP contribution in [-0.2, 0) is 11.4 Å². The number of carbonyl (C=O) groups is 1. The molecule has 1 rings (SSSR count). The molecule has 1 aromatic rings. The Morgan fingerprint density at radius 1 is 1.50 bits per heavy atom. The highest BCUT2D eigenvalue weighted by Crippen LogP contribution is 2.13. The summed E-state index contributed by atoms with van der Waals surface area (Å²) in [6.45, 7) is 9.11. The standard InChI is InChI=1S/C10H11NO3.C2H6/c1-7-3-4-8(6-14-11-2)9(5-7)10(12)13;1-2/h3-5H,2,6H2,1H3,(H,12,13);1-2H3. The fourth-order valence-electron chi connectivity index (χ4n) is 1.13. The Balaban J connectivity index is 0.00000106. The van der Waals surface area contributed by atoms with Gasteiger partial charge < -0.3 is 9.94 Å². The molecule has 88 valence electrons. The first-order valence-electron chi connectivity index (χ1n) is 5.06. The van der Waals surface area contributed by atoms with Crippen molar-refractivity contribution in [3.05, 3.63) is 34.9 Å². The van der Waals surface area contributed by atoms with E-state index in [9.17, 15) is 4.79 Å². The molecular weight excluding hydrogens is 206 g/mol. The Morgan fingerprint density at radius 2 is 2.12 bits per heavy atom. The number of rotatable bonds is 4. The van der Waals surface area contributed by atoms with Crippen LogP contribution in [0.4, 0.5) is 0 Å². The lowest BCUT2D eigenvalue weighted by Crippen LogP contribution is -2.03. The molecule has 0 unspecified atom stereocenters. The molecule has 0 amide bonds. The molecule has 0 radical (unpaired) electrons. The number of hydrogen-bond acceptors (Lipinski definition) is 3. The monoisotopic (exact) mass is 223 g/mol. The Morgan fingerprint density at radius 3 is 2.62 bits per heavy atom. The minimum atomic E-state index is -0.962. The number of aromatic carboxylic acids is 1. The number of hydrogen-bond donors (Lipinski definition) is 1. The quantitative estimate of drug-likeness (QED) is 0.630. The predicted octanol–water partition coefficient (Wildman–Crippen LogP) is 2.85. The zero-order valence-corrected chi connectivity index (χ0v) is 9.86. The van der Waals surface area contributed by atoms with Crippen LogP contribution in [0.15, 0.2) is 23.4 Å². The van der Waals surface area contributed by atoms with E-state index in [-0.39, 0.29) is 12.2 Å². The van der Waals surface area contributed by atoms with Crippen LogP contribution in [0.5, 0.6) is 0 Å². The van der Waals surface area contributed by atoms with Crippen molar-refractivity contribution in [1.82, 2.24) is 0 Å². The average molecular weight is 223 g/mol. The third kappa shape index (κ3) is 4.13. The Labute approximate surface area is 95.5 Å². The molecule has 0 aromatic heterocycles. The number of benzene rings is 1. The largest absolute Gasteiger partial charge is 0.478 e. The van der Waals surface area contributed by atoms with E-state index in [2.05, 4.69) is 11.9 Å². The van der Waals surface area contributed by atoms with Gasteiger partial charge in [0.2, 0.25) is 0 Å². The molecule has 4 nitrogen and oxygen atoms in total. The molecule has 0 aliphatic carbocycles. The van der Waals surface area contributed by atoms with Crippen LogP contribution in [0.1, 0.15) is 35.3 Å². The minimum absolute atomic E-state index is 0.130. The molecule has 1 aromatic carbocycles. The van der Waals surface area contributed by atoms with E-state index in [1.54, 1.807) is 12.1 Å². The minimum Gasteiger partial charge on any atom is -0.478 e. The molecule has 0 aliphatic rings. The van der Waals surface area contributed by atoms with Crippen molar-refractivity contribution in [1.29, 1.82) is 0 Å². The lowest BCUT2D eigenvalue weighted by Gasteiger charge is -2.05. The molecule has 1 N–H and O–H groups in total. The first kappa shape index (κ1) is 14.2. The van der Waals surface area contributed by atoms with Crippen LogP contribution in [0, 0.1) is 6.92 Å². The molecule has 0 bridgehead atoms. The van der Waals surface area contributed by atoms with Crippen LogP contribution in [-0.4, -0.2) is 17.8 Å². The highest BCUT2D eigenvalue weighted by Gasteiger charge is 2.09. The van der Waals surface area contributed by atoms with E-state index < -0.39 is 5.97 Å². The van der Waals surface area contributed by atoms with Gasteiger partial charge in [0, 0.05) is 12.3 Å². The summed E-state index contributed by atoms with van der Waals surface area (Å²) in [6, 6.07) is 5.14. The fraction of sp³-hybridized carbons (Fsp3) is 0.333. The Bertz CT molecular complexity index is 361. The van der Waals surface area contributed by atoms with Crippen LogP contribution in [0.25, 0.3) is 0 Å². The third-order valence-corrected chi connectivity index (χ3v) is 1.81. The molecule has 16 heavy (non-hydrogen) atoms. The van der Waals surface area contributed by atoms with E-state index >= 15 is 0 Å². The van der Waals surface area contributed by atoms with Crippen LogP contribution in [0.3, 0.4) is 0 Å². The lowest BCUT2D eigenvalue weighted by atomic mass is 10.1. The molecule has 0 fully saturated rings. The molecule has 0 atom stereocenters. The van der Waals surface area contributed by atoms with Crippen molar-refractivity contribution in [2.75, 3.05) is 0 Å². The van der Waals surface area contributed by atoms with Crippen molar-refractivity contribution in [2.45, 2.75) is 27.4 Å².